The number of anilines is 1. The average molecular weight is 515 g/mol. The predicted octanol–water partition coefficient (Wildman–Crippen LogP) is 4.39. The maximum Gasteiger partial charge on any atom is 0.263 e. The molecule has 0 saturated heterocycles. The van der Waals surface area contributed by atoms with Gasteiger partial charge >= 0.3 is 0 Å². The largest absolute Gasteiger partial charge is 0.394 e. The van der Waals surface area contributed by atoms with Crippen molar-refractivity contribution in [3.8, 4) is 11.1 Å². The fourth-order valence-corrected chi connectivity index (χ4v) is 4.21. The van der Waals surface area contributed by atoms with Crippen molar-refractivity contribution < 1.29 is 22.7 Å². The zero-order valence-electron chi connectivity index (χ0n) is 20.1. The number of alkyl halides is 2. The Kier molecular flexibility index (Phi) is 7.44. The lowest BCUT2D eigenvalue weighted by Gasteiger charge is -2.20. The second-order valence-corrected chi connectivity index (χ2v) is 8.83. The van der Waals surface area contributed by atoms with Crippen LogP contribution >= 0.6 is 0 Å². The number of pyridine rings is 1. The zero-order chi connectivity index (χ0) is 26.9. The molecule has 11 heteroatoms. The molecule has 2 aromatic carbocycles. The maximum absolute atomic E-state index is 15.2. The van der Waals surface area contributed by atoms with Gasteiger partial charge in [0.2, 0.25) is 0 Å². The number of hydrogen-bond acceptors (Lipinski definition) is 6. The van der Waals surface area contributed by atoms with Crippen LogP contribution in [0.2, 0.25) is 0 Å². The highest BCUT2D eigenvalue weighted by Gasteiger charge is 2.27. The third-order valence-electron chi connectivity index (χ3n) is 6.45. The van der Waals surface area contributed by atoms with Crippen LogP contribution in [-0.2, 0) is 0 Å². The van der Waals surface area contributed by atoms with E-state index in [4.69, 9.17) is 11.5 Å². The summed E-state index contributed by atoms with van der Waals surface area (Å²) in [5.41, 5.74) is 13.3. The lowest BCUT2D eigenvalue weighted by molar-refractivity contribution is 0.150. The molecule has 3 atom stereocenters. The highest BCUT2D eigenvalue weighted by atomic mass is 19.3. The summed E-state index contributed by atoms with van der Waals surface area (Å²) >= 11 is 0. The Morgan fingerprint density at radius 1 is 1.14 bits per heavy atom. The Morgan fingerprint density at radius 3 is 2.49 bits per heavy atom. The SMILES string of the molecule is CC1C(c2cnc(N)c(-c3ccc(C(N)=N[C@H](CO)c4cc(F)cc(C(F)F)c4)c(F)c3)c2)C=NN1C. The number of amidine groups is 1. The van der Waals surface area contributed by atoms with Crippen LogP contribution in [0.3, 0.4) is 0 Å². The number of benzene rings is 2. The first-order valence-electron chi connectivity index (χ1n) is 11.4. The van der Waals surface area contributed by atoms with Crippen molar-refractivity contribution in [3.63, 3.8) is 0 Å². The molecule has 0 saturated carbocycles. The van der Waals surface area contributed by atoms with Crippen LogP contribution in [0.15, 0.2) is 58.8 Å². The van der Waals surface area contributed by atoms with Crippen LogP contribution in [0, 0.1) is 11.6 Å². The van der Waals surface area contributed by atoms with Gasteiger partial charge in [-0.3, -0.25) is 10.0 Å². The number of aliphatic hydroxyl groups excluding tert-OH is 1. The summed E-state index contributed by atoms with van der Waals surface area (Å²) in [5, 5.41) is 15.9. The molecule has 5 N–H and O–H groups in total. The molecule has 4 rings (SSSR count). The number of nitrogens with two attached hydrogens (primary N) is 2. The number of hydrogen-bond donors (Lipinski definition) is 3. The Hall–Kier alpha value is -3.99. The number of halogens is 4. The quantitative estimate of drug-likeness (QED) is 0.246. The summed E-state index contributed by atoms with van der Waals surface area (Å²) < 4.78 is 55.1. The van der Waals surface area contributed by atoms with Gasteiger partial charge < -0.3 is 16.6 Å². The van der Waals surface area contributed by atoms with Crippen LogP contribution in [0.25, 0.3) is 11.1 Å². The number of hydrazone groups is 1. The second kappa shape index (κ2) is 10.6. The normalized spacial score (nSPS) is 18.6. The van der Waals surface area contributed by atoms with E-state index in [1.54, 1.807) is 12.3 Å². The highest BCUT2D eigenvalue weighted by Crippen LogP contribution is 2.32. The number of rotatable bonds is 7. The maximum atomic E-state index is 15.2. The Balaban J connectivity index is 1.64. The molecule has 0 spiro atoms. The van der Waals surface area contributed by atoms with Crippen LogP contribution in [0.4, 0.5) is 23.4 Å². The molecule has 0 amide bonds. The van der Waals surface area contributed by atoms with Crippen molar-refractivity contribution in [1.82, 2.24) is 9.99 Å². The molecule has 0 bridgehead atoms. The van der Waals surface area contributed by atoms with Gasteiger partial charge in [0.05, 0.1) is 18.2 Å². The number of aliphatic hydroxyl groups is 1. The molecule has 0 fully saturated rings. The topological polar surface area (TPSA) is 113 Å². The lowest BCUT2D eigenvalue weighted by Crippen LogP contribution is -2.24. The van der Waals surface area contributed by atoms with Gasteiger partial charge in [-0.25, -0.2) is 22.5 Å². The number of likely N-dealkylation sites (N-methyl/N-ethyl adjacent to an activating group) is 1. The Morgan fingerprint density at radius 2 is 1.86 bits per heavy atom. The molecule has 37 heavy (non-hydrogen) atoms. The molecule has 2 unspecified atom stereocenters. The summed E-state index contributed by atoms with van der Waals surface area (Å²) in [6, 6.07) is 7.71. The van der Waals surface area contributed by atoms with Crippen LogP contribution in [0.5, 0.6) is 0 Å². The van der Waals surface area contributed by atoms with Crippen molar-refractivity contribution in [2.75, 3.05) is 19.4 Å². The molecule has 1 aliphatic heterocycles. The van der Waals surface area contributed by atoms with Gasteiger partial charge in [0, 0.05) is 36.5 Å². The minimum absolute atomic E-state index is 0.00688. The van der Waals surface area contributed by atoms with Gasteiger partial charge in [-0.05, 0) is 60.0 Å². The van der Waals surface area contributed by atoms with Gasteiger partial charge in [-0.2, -0.15) is 5.10 Å². The van der Waals surface area contributed by atoms with Crippen molar-refractivity contribution in [2.24, 2.45) is 15.8 Å². The summed E-state index contributed by atoms with van der Waals surface area (Å²) in [6.45, 7) is 1.38. The Labute approximate surface area is 211 Å². The molecule has 0 aliphatic carbocycles. The Bertz CT molecular complexity index is 1360. The van der Waals surface area contributed by atoms with E-state index in [0.29, 0.717) is 17.2 Å². The summed E-state index contributed by atoms with van der Waals surface area (Å²) in [4.78, 5) is 8.35. The van der Waals surface area contributed by atoms with Crippen molar-refractivity contribution in [3.05, 3.63) is 82.5 Å². The van der Waals surface area contributed by atoms with E-state index in [2.05, 4.69) is 15.1 Å². The number of aromatic nitrogens is 1. The third-order valence-corrected chi connectivity index (χ3v) is 6.45. The minimum Gasteiger partial charge on any atom is -0.394 e. The van der Waals surface area contributed by atoms with Crippen LogP contribution in [0.1, 0.15) is 47.6 Å². The molecule has 3 aromatic rings. The fraction of sp³-hybridized carbons (Fsp3) is 0.269. The number of nitrogen functional groups attached to an aromatic ring is 1. The first-order valence-corrected chi connectivity index (χ1v) is 11.4. The first kappa shape index (κ1) is 26.1. The van der Waals surface area contributed by atoms with Gasteiger partial charge in [-0.1, -0.05) is 6.07 Å². The van der Waals surface area contributed by atoms with E-state index < -0.39 is 36.3 Å². The molecular formula is C26H26F4N6O. The van der Waals surface area contributed by atoms with Crippen molar-refractivity contribution >= 4 is 17.9 Å². The predicted molar refractivity (Wildman–Crippen MR) is 134 cm³/mol. The van der Waals surface area contributed by atoms with Crippen molar-refractivity contribution in [1.29, 1.82) is 0 Å². The zero-order valence-corrected chi connectivity index (χ0v) is 20.1. The lowest BCUT2D eigenvalue weighted by atomic mass is 9.93. The third kappa shape index (κ3) is 5.41. The van der Waals surface area contributed by atoms with Crippen LogP contribution < -0.4 is 11.5 Å². The van der Waals surface area contributed by atoms with E-state index in [1.807, 2.05) is 31.3 Å². The highest BCUT2D eigenvalue weighted by molar-refractivity contribution is 5.98. The van der Waals surface area contributed by atoms with Crippen LogP contribution in [-0.4, -0.2) is 46.8 Å². The first-order chi connectivity index (χ1) is 17.6. The average Bonchev–Trinajstić information content (AvgIpc) is 3.20. The standard InChI is InChI=1S/C26H26F4N6O/c1-13-21(11-34-36(13)2)17-8-20(25(31)33-10-17)14-3-4-19(22(28)9-14)26(32)35-23(12-37)15-5-16(24(29)30)7-18(27)6-15/h3-11,13,21,23-24,37H,12H2,1-2H3,(H2,31,33)(H2,32,35)/t13?,21?,23-/m1/s1. The van der Waals surface area contributed by atoms with E-state index in [-0.39, 0.29) is 34.7 Å². The molecular weight excluding hydrogens is 488 g/mol. The molecule has 0 radical (unpaired) electrons. The molecule has 1 aliphatic rings. The number of nitrogens with zero attached hydrogens (tertiary/aromatic N) is 4. The summed E-state index contributed by atoms with van der Waals surface area (Å²) in [6.07, 6.45) is 0.579. The minimum atomic E-state index is -2.91. The van der Waals surface area contributed by atoms with Gasteiger partial charge in [0.1, 0.15) is 29.3 Å². The second-order valence-electron chi connectivity index (χ2n) is 8.83. The fourth-order valence-electron chi connectivity index (χ4n) is 4.21. The smallest absolute Gasteiger partial charge is 0.263 e. The number of aliphatic imine (C=N–C) groups is 1. The van der Waals surface area contributed by atoms with E-state index in [0.717, 1.165) is 17.7 Å². The monoisotopic (exact) mass is 514 g/mol. The molecule has 2 heterocycles. The molecule has 1 aromatic heterocycles. The van der Waals surface area contributed by atoms with E-state index in [1.165, 1.54) is 12.1 Å². The summed E-state index contributed by atoms with van der Waals surface area (Å²) in [5.74, 6) is -1.70. The van der Waals surface area contributed by atoms with Gasteiger partial charge in [-0.15, -0.1) is 0 Å². The van der Waals surface area contributed by atoms with Gasteiger partial charge in [0.15, 0.2) is 0 Å². The summed E-state index contributed by atoms with van der Waals surface area (Å²) in [7, 11) is 1.88. The van der Waals surface area contributed by atoms with E-state index in [9.17, 15) is 18.3 Å². The van der Waals surface area contributed by atoms with Crippen molar-refractivity contribution in [2.45, 2.75) is 31.4 Å². The molecule has 7 nitrogen and oxygen atoms in total. The van der Waals surface area contributed by atoms with Gasteiger partial charge in [0.25, 0.3) is 6.43 Å². The molecule has 194 valence electrons. The van der Waals surface area contributed by atoms with E-state index >= 15 is 4.39 Å².